The molecule has 34 heavy (non-hydrogen) atoms. The molecule has 2 fully saturated rings. The highest BCUT2D eigenvalue weighted by atomic mass is 16.5. The van der Waals surface area contributed by atoms with Crippen molar-refractivity contribution in [3.8, 4) is 22.7 Å². The third-order valence-corrected chi connectivity index (χ3v) is 6.83. The molecular formula is C28H33N3O3. The molecule has 6 heteroatoms. The Labute approximate surface area is 201 Å². The molecule has 2 aromatic carbocycles. The molecule has 1 aliphatic heterocycles. The van der Waals surface area contributed by atoms with Crippen LogP contribution in [0.25, 0.3) is 16.9 Å². The Hall–Kier alpha value is -3.25. The number of aliphatic hydroxyl groups excluding tert-OH is 1. The lowest BCUT2D eigenvalue weighted by Gasteiger charge is -2.34. The number of rotatable bonds is 9. The maximum Gasteiger partial charge on any atom is 0.120 e. The number of aliphatic hydroxyl groups is 1. The lowest BCUT2D eigenvalue weighted by Crippen LogP contribution is -2.37. The van der Waals surface area contributed by atoms with Gasteiger partial charge in [0.1, 0.15) is 17.1 Å². The third-order valence-electron chi connectivity index (χ3n) is 6.83. The molecule has 1 aromatic heterocycles. The second kappa shape index (κ2) is 9.18. The molecule has 2 aliphatic rings. The van der Waals surface area contributed by atoms with Crippen LogP contribution in [0, 0.1) is 0 Å². The summed E-state index contributed by atoms with van der Waals surface area (Å²) in [6.45, 7) is 9.61. The Kier molecular flexibility index (Phi) is 6.09. The Morgan fingerprint density at radius 1 is 1.06 bits per heavy atom. The van der Waals surface area contributed by atoms with E-state index in [9.17, 15) is 5.11 Å². The number of ether oxygens (including phenoxy) is 2. The first-order valence-electron chi connectivity index (χ1n) is 12.1. The van der Waals surface area contributed by atoms with Gasteiger partial charge in [-0.2, -0.15) is 5.10 Å². The first-order chi connectivity index (χ1) is 16.4. The molecule has 1 saturated heterocycles. The minimum Gasteiger partial charge on any atom is -0.510 e. The summed E-state index contributed by atoms with van der Waals surface area (Å²) in [4.78, 5) is 2.38. The van der Waals surface area contributed by atoms with Crippen molar-refractivity contribution in [1.82, 2.24) is 9.78 Å². The van der Waals surface area contributed by atoms with Gasteiger partial charge in [0, 0.05) is 18.7 Å². The van der Waals surface area contributed by atoms with Crippen LogP contribution in [0.2, 0.25) is 0 Å². The smallest absolute Gasteiger partial charge is 0.120 e. The predicted octanol–water partition coefficient (Wildman–Crippen LogP) is 6.05. The highest BCUT2D eigenvalue weighted by molar-refractivity contribution is 5.70. The molecule has 5 rings (SSSR count). The molecule has 0 amide bonds. The van der Waals surface area contributed by atoms with Gasteiger partial charge < -0.3 is 19.5 Å². The van der Waals surface area contributed by atoms with Gasteiger partial charge in [0.2, 0.25) is 0 Å². The maximum atomic E-state index is 9.87. The van der Waals surface area contributed by atoms with Gasteiger partial charge in [0.15, 0.2) is 0 Å². The minimum atomic E-state index is -0.851. The van der Waals surface area contributed by atoms with Gasteiger partial charge in [-0.15, -0.1) is 0 Å². The fourth-order valence-electron chi connectivity index (χ4n) is 4.11. The summed E-state index contributed by atoms with van der Waals surface area (Å²) in [6, 6.07) is 18.7. The summed E-state index contributed by atoms with van der Waals surface area (Å²) in [5, 5.41) is 14.8. The van der Waals surface area contributed by atoms with Gasteiger partial charge in [0.05, 0.1) is 35.5 Å². The molecule has 1 N–H and O–H groups in total. The van der Waals surface area contributed by atoms with E-state index >= 15 is 0 Å². The van der Waals surface area contributed by atoms with Crippen LogP contribution in [-0.4, -0.2) is 39.7 Å². The zero-order valence-corrected chi connectivity index (χ0v) is 20.0. The summed E-state index contributed by atoms with van der Waals surface area (Å²) in [6.07, 6.45) is 5.02. The van der Waals surface area contributed by atoms with Crippen molar-refractivity contribution >= 4 is 5.69 Å². The van der Waals surface area contributed by atoms with E-state index in [0.717, 1.165) is 54.3 Å². The first kappa shape index (κ1) is 22.5. The lowest BCUT2D eigenvalue weighted by atomic mass is 9.96. The summed E-state index contributed by atoms with van der Waals surface area (Å²) < 4.78 is 14.1. The lowest BCUT2D eigenvalue weighted by molar-refractivity contribution is -0.0289. The highest BCUT2D eigenvalue weighted by Gasteiger charge is 2.25. The molecule has 6 nitrogen and oxygen atoms in total. The first-order valence-corrected chi connectivity index (χ1v) is 12.1. The van der Waals surface area contributed by atoms with E-state index < -0.39 is 5.60 Å². The molecule has 178 valence electrons. The molecule has 0 spiro atoms. The zero-order chi connectivity index (χ0) is 23.7. The van der Waals surface area contributed by atoms with Gasteiger partial charge in [-0.05, 0) is 69.9 Å². The normalized spacial score (nSPS) is 16.1. The third kappa shape index (κ3) is 4.55. The minimum absolute atomic E-state index is 0.00358. The zero-order valence-electron chi connectivity index (χ0n) is 20.0. The molecule has 1 saturated carbocycles. The molecular weight excluding hydrogens is 426 g/mol. The van der Waals surface area contributed by atoms with E-state index in [0.29, 0.717) is 6.10 Å². The fraction of sp³-hybridized carbons (Fsp3) is 0.393. The van der Waals surface area contributed by atoms with Crippen molar-refractivity contribution in [3.05, 3.63) is 72.6 Å². The van der Waals surface area contributed by atoms with E-state index in [1.54, 1.807) is 13.8 Å². The second-order valence-electron chi connectivity index (χ2n) is 9.71. The predicted molar refractivity (Wildman–Crippen MR) is 135 cm³/mol. The van der Waals surface area contributed by atoms with E-state index in [1.165, 1.54) is 18.5 Å². The molecule has 3 aromatic rings. The van der Waals surface area contributed by atoms with Crippen molar-refractivity contribution in [2.75, 3.05) is 18.0 Å². The van der Waals surface area contributed by atoms with Crippen molar-refractivity contribution < 1.29 is 14.6 Å². The van der Waals surface area contributed by atoms with Crippen LogP contribution in [-0.2, 0) is 11.3 Å². The van der Waals surface area contributed by atoms with E-state index in [4.69, 9.17) is 14.6 Å². The van der Waals surface area contributed by atoms with Gasteiger partial charge in [0.25, 0.3) is 0 Å². The number of benzene rings is 2. The summed E-state index contributed by atoms with van der Waals surface area (Å²) in [5.74, 6) is 0.887. The topological polar surface area (TPSA) is 59.8 Å². The molecule has 0 radical (unpaired) electrons. The van der Waals surface area contributed by atoms with E-state index in [2.05, 4.69) is 53.9 Å². The molecule has 0 bridgehead atoms. The average molecular weight is 460 g/mol. The Morgan fingerprint density at radius 2 is 1.82 bits per heavy atom. The number of aromatic nitrogens is 2. The number of hydrogen-bond acceptors (Lipinski definition) is 5. The molecule has 0 atom stereocenters. The van der Waals surface area contributed by atoms with Crippen molar-refractivity contribution in [2.24, 2.45) is 0 Å². The Balaban J connectivity index is 1.53. The highest BCUT2D eigenvalue weighted by Crippen LogP contribution is 2.34. The SMILES string of the molecule is C=C(O)C(C)(C)OCc1cc(-c2cccc(OC3CCC3)c2)n(-c2ccccc2N2CCC2)n1. The van der Waals surface area contributed by atoms with Crippen LogP contribution < -0.4 is 9.64 Å². The van der Waals surface area contributed by atoms with E-state index in [-0.39, 0.29) is 12.4 Å². The van der Waals surface area contributed by atoms with Crippen LogP contribution in [0.5, 0.6) is 5.75 Å². The van der Waals surface area contributed by atoms with Crippen LogP contribution in [0.1, 0.15) is 45.2 Å². The van der Waals surface area contributed by atoms with Crippen molar-refractivity contribution in [1.29, 1.82) is 0 Å². The molecule has 0 unspecified atom stereocenters. The Morgan fingerprint density at radius 3 is 2.47 bits per heavy atom. The largest absolute Gasteiger partial charge is 0.510 e. The monoisotopic (exact) mass is 459 g/mol. The van der Waals surface area contributed by atoms with Crippen LogP contribution in [0.15, 0.2) is 66.9 Å². The number of hydrogen-bond donors (Lipinski definition) is 1. The van der Waals surface area contributed by atoms with Gasteiger partial charge in [-0.25, -0.2) is 4.68 Å². The van der Waals surface area contributed by atoms with Crippen LogP contribution >= 0.6 is 0 Å². The molecule has 1 aliphatic carbocycles. The quantitative estimate of drug-likeness (QED) is 0.395. The summed E-state index contributed by atoms with van der Waals surface area (Å²) in [7, 11) is 0. The van der Waals surface area contributed by atoms with Crippen LogP contribution in [0.3, 0.4) is 0 Å². The van der Waals surface area contributed by atoms with Gasteiger partial charge in [-0.1, -0.05) is 30.8 Å². The number of para-hydroxylation sites is 2. The average Bonchev–Trinajstić information content (AvgIpc) is 3.19. The fourth-order valence-corrected chi connectivity index (χ4v) is 4.11. The standard InChI is InChI=1S/C28H33N3O3/c1-20(32)28(2,3)33-19-22-18-27(21-9-6-12-24(17-21)34-23-10-7-11-23)31(29-22)26-14-5-4-13-25(26)30-15-8-16-30/h4-6,9,12-14,17-18,23,32H,1,7-8,10-11,15-16,19H2,2-3H3. The van der Waals surface area contributed by atoms with E-state index in [1.807, 2.05) is 16.8 Å². The molecule has 2 heterocycles. The summed E-state index contributed by atoms with van der Waals surface area (Å²) in [5.41, 5.74) is 4.17. The maximum absolute atomic E-state index is 9.87. The Bertz CT molecular complexity index is 1180. The van der Waals surface area contributed by atoms with Crippen molar-refractivity contribution in [3.63, 3.8) is 0 Å². The summed E-state index contributed by atoms with van der Waals surface area (Å²) >= 11 is 0. The second-order valence-corrected chi connectivity index (χ2v) is 9.71. The number of anilines is 1. The van der Waals surface area contributed by atoms with Crippen LogP contribution in [0.4, 0.5) is 5.69 Å². The van der Waals surface area contributed by atoms with Crippen molar-refractivity contribution in [2.45, 2.75) is 57.8 Å². The number of nitrogens with zero attached hydrogens (tertiary/aromatic N) is 3. The van der Waals surface area contributed by atoms with Gasteiger partial charge >= 0.3 is 0 Å². The van der Waals surface area contributed by atoms with Gasteiger partial charge in [-0.3, -0.25) is 0 Å².